The van der Waals surface area contributed by atoms with Crippen molar-refractivity contribution in [1.29, 1.82) is 0 Å². The molecule has 0 aromatic heterocycles. The number of rotatable bonds is 1. The van der Waals surface area contributed by atoms with Crippen molar-refractivity contribution in [2.75, 3.05) is 13.1 Å². The van der Waals surface area contributed by atoms with E-state index >= 15 is 0 Å². The third-order valence-electron chi connectivity index (χ3n) is 3.69. The number of aryl methyl sites for hydroxylation is 2. The molecule has 1 aliphatic rings. The molecular weight excluding hydrogens is 210 g/mol. The molecule has 0 radical (unpaired) electrons. The zero-order valence-electron chi connectivity index (χ0n) is 11.0. The molecule has 17 heavy (non-hydrogen) atoms. The van der Waals surface area contributed by atoms with Crippen LogP contribution in [0, 0.1) is 27.7 Å². The summed E-state index contributed by atoms with van der Waals surface area (Å²) in [5.41, 5.74) is 5.52. The van der Waals surface area contributed by atoms with Gasteiger partial charge in [0.1, 0.15) is 0 Å². The van der Waals surface area contributed by atoms with Gasteiger partial charge in [0, 0.05) is 18.7 Å². The van der Waals surface area contributed by atoms with Gasteiger partial charge in [-0.15, -0.1) is 0 Å². The minimum atomic E-state index is 0.164. The molecular formula is C15H19NO. The largest absolute Gasteiger partial charge is 0.331 e. The van der Waals surface area contributed by atoms with Crippen LogP contribution >= 0.6 is 0 Å². The summed E-state index contributed by atoms with van der Waals surface area (Å²) in [7, 11) is 0. The van der Waals surface area contributed by atoms with Gasteiger partial charge in [-0.25, -0.2) is 0 Å². The van der Waals surface area contributed by atoms with Crippen LogP contribution in [0.1, 0.15) is 32.6 Å². The SMILES string of the molecule is Cc1cc(C)c(C)c(C(=O)N2CC=CC2)c1C. The van der Waals surface area contributed by atoms with Crippen molar-refractivity contribution in [2.45, 2.75) is 27.7 Å². The first-order valence-electron chi connectivity index (χ1n) is 6.04. The number of nitrogens with zero attached hydrogens (tertiary/aromatic N) is 1. The number of amides is 1. The zero-order chi connectivity index (χ0) is 12.6. The van der Waals surface area contributed by atoms with Crippen molar-refractivity contribution in [3.8, 4) is 0 Å². The average molecular weight is 229 g/mol. The Kier molecular flexibility index (Phi) is 3.05. The van der Waals surface area contributed by atoms with E-state index in [1.54, 1.807) is 0 Å². The van der Waals surface area contributed by atoms with E-state index in [1.165, 1.54) is 11.1 Å². The molecule has 1 amide bonds. The van der Waals surface area contributed by atoms with Crippen LogP contribution in [0.2, 0.25) is 0 Å². The number of hydrogen-bond donors (Lipinski definition) is 0. The molecule has 0 spiro atoms. The van der Waals surface area contributed by atoms with Crippen LogP contribution in [0.5, 0.6) is 0 Å². The second-order valence-corrected chi connectivity index (χ2v) is 4.82. The third-order valence-corrected chi connectivity index (χ3v) is 3.69. The first-order valence-corrected chi connectivity index (χ1v) is 6.04. The van der Waals surface area contributed by atoms with Crippen molar-refractivity contribution in [3.63, 3.8) is 0 Å². The third kappa shape index (κ3) is 1.99. The Labute approximate surface area is 103 Å². The maximum absolute atomic E-state index is 12.5. The Hall–Kier alpha value is -1.57. The number of benzene rings is 1. The van der Waals surface area contributed by atoms with E-state index in [0.717, 1.165) is 29.8 Å². The topological polar surface area (TPSA) is 20.3 Å². The summed E-state index contributed by atoms with van der Waals surface area (Å²) in [6.45, 7) is 9.70. The Morgan fingerprint density at radius 1 is 1.00 bits per heavy atom. The van der Waals surface area contributed by atoms with Crippen LogP contribution in [-0.4, -0.2) is 23.9 Å². The normalized spacial score (nSPS) is 14.5. The summed E-state index contributed by atoms with van der Waals surface area (Å²) in [4.78, 5) is 14.4. The first kappa shape index (κ1) is 11.9. The lowest BCUT2D eigenvalue weighted by Gasteiger charge is -2.20. The van der Waals surface area contributed by atoms with E-state index in [4.69, 9.17) is 0 Å². The van der Waals surface area contributed by atoms with Gasteiger partial charge in [-0.3, -0.25) is 4.79 Å². The highest BCUT2D eigenvalue weighted by atomic mass is 16.2. The van der Waals surface area contributed by atoms with Crippen LogP contribution in [0.15, 0.2) is 18.2 Å². The quantitative estimate of drug-likeness (QED) is 0.678. The van der Waals surface area contributed by atoms with Gasteiger partial charge in [-0.1, -0.05) is 18.2 Å². The highest BCUT2D eigenvalue weighted by molar-refractivity contribution is 5.98. The molecule has 2 rings (SSSR count). The van der Waals surface area contributed by atoms with Crippen LogP contribution in [0.4, 0.5) is 0 Å². The van der Waals surface area contributed by atoms with Crippen molar-refractivity contribution in [2.24, 2.45) is 0 Å². The fourth-order valence-corrected chi connectivity index (χ4v) is 2.34. The number of carbonyl (C=O) groups is 1. The standard InChI is InChI=1S/C15H19NO/c1-10-9-11(2)13(4)14(12(10)3)15(17)16-7-5-6-8-16/h5-6,9H,7-8H2,1-4H3. The van der Waals surface area contributed by atoms with Crippen LogP contribution in [-0.2, 0) is 0 Å². The molecule has 0 atom stereocenters. The second-order valence-electron chi connectivity index (χ2n) is 4.82. The summed E-state index contributed by atoms with van der Waals surface area (Å²) in [6.07, 6.45) is 4.09. The minimum absolute atomic E-state index is 0.164. The van der Waals surface area contributed by atoms with Gasteiger partial charge in [-0.2, -0.15) is 0 Å². The van der Waals surface area contributed by atoms with Crippen LogP contribution in [0.25, 0.3) is 0 Å². The van der Waals surface area contributed by atoms with Gasteiger partial charge in [0.15, 0.2) is 0 Å². The molecule has 1 heterocycles. The molecule has 1 aromatic rings. The van der Waals surface area contributed by atoms with Gasteiger partial charge in [0.25, 0.3) is 5.91 Å². The molecule has 90 valence electrons. The lowest BCUT2D eigenvalue weighted by Crippen LogP contribution is -2.29. The lowest BCUT2D eigenvalue weighted by molar-refractivity contribution is 0.0798. The van der Waals surface area contributed by atoms with Gasteiger partial charge in [0.05, 0.1) is 0 Å². The van der Waals surface area contributed by atoms with E-state index in [-0.39, 0.29) is 5.91 Å². The van der Waals surface area contributed by atoms with Crippen molar-refractivity contribution < 1.29 is 4.79 Å². The molecule has 0 bridgehead atoms. The summed E-state index contributed by atoms with van der Waals surface area (Å²) in [6, 6.07) is 2.16. The highest BCUT2D eigenvalue weighted by Crippen LogP contribution is 2.23. The average Bonchev–Trinajstić information content (AvgIpc) is 2.80. The molecule has 2 nitrogen and oxygen atoms in total. The predicted molar refractivity (Wildman–Crippen MR) is 70.4 cm³/mol. The van der Waals surface area contributed by atoms with Crippen molar-refractivity contribution in [3.05, 3.63) is 46.0 Å². The summed E-state index contributed by atoms with van der Waals surface area (Å²) in [5, 5.41) is 0. The Balaban J connectivity index is 2.47. The second kappa shape index (κ2) is 4.36. The predicted octanol–water partition coefficient (Wildman–Crippen LogP) is 2.93. The Bertz CT molecular complexity index is 466. The molecule has 0 fully saturated rings. The Morgan fingerprint density at radius 3 is 1.94 bits per heavy atom. The molecule has 2 heteroatoms. The lowest BCUT2D eigenvalue weighted by atomic mass is 9.93. The van der Waals surface area contributed by atoms with E-state index in [9.17, 15) is 4.79 Å². The van der Waals surface area contributed by atoms with E-state index in [0.29, 0.717) is 0 Å². The van der Waals surface area contributed by atoms with Gasteiger partial charge in [-0.05, 0) is 49.9 Å². The van der Waals surface area contributed by atoms with Gasteiger partial charge in [0.2, 0.25) is 0 Å². The molecule has 0 aliphatic carbocycles. The van der Waals surface area contributed by atoms with E-state index < -0.39 is 0 Å². The van der Waals surface area contributed by atoms with Crippen molar-refractivity contribution >= 4 is 5.91 Å². The molecule has 0 unspecified atom stereocenters. The van der Waals surface area contributed by atoms with E-state index in [2.05, 4.69) is 19.9 Å². The Morgan fingerprint density at radius 2 is 1.47 bits per heavy atom. The number of hydrogen-bond acceptors (Lipinski definition) is 1. The molecule has 1 aromatic carbocycles. The zero-order valence-corrected chi connectivity index (χ0v) is 11.0. The van der Waals surface area contributed by atoms with Crippen molar-refractivity contribution in [1.82, 2.24) is 4.90 Å². The smallest absolute Gasteiger partial charge is 0.254 e. The summed E-state index contributed by atoms with van der Waals surface area (Å²) in [5.74, 6) is 0.164. The minimum Gasteiger partial charge on any atom is -0.331 e. The van der Waals surface area contributed by atoms with Crippen LogP contribution < -0.4 is 0 Å². The molecule has 0 saturated heterocycles. The van der Waals surface area contributed by atoms with Crippen LogP contribution in [0.3, 0.4) is 0 Å². The molecule has 0 N–H and O–H groups in total. The molecule has 1 aliphatic heterocycles. The molecule has 0 saturated carbocycles. The fourth-order valence-electron chi connectivity index (χ4n) is 2.34. The maximum Gasteiger partial charge on any atom is 0.254 e. The number of carbonyl (C=O) groups excluding carboxylic acids is 1. The first-order chi connectivity index (χ1) is 8.02. The monoisotopic (exact) mass is 229 g/mol. The summed E-state index contributed by atoms with van der Waals surface area (Å²) < 4.78 is 0. The highest BCUT2D eigenvalue weighted by Gasteiger charge is 2.21. The van der Waals surface area contributed by atoms with Gasteiger partial charge < -0.3 is 4.90 Å². The van der Waals surface area contributed by atoms with E-state index in [1.807, 2.05) is 30.9 Å². The van der Waals surface area contributed by atoms with Gasteiger partial charge >= 0.3 is 0 Å². The maximum atomic E-state index is 12.5. The fraction of sp³-hybridized carbons (Fsp3) is 0.400. The summed E-state index contributed by atoms with van der Waals surface area (Å²) >= 11 is 0.